The first-order chi connectivity index (χ1) is 9.04. The molecule has 1 saturated heterocycles. The second kappa shape index (κ2) is 6.74. The van der Waals surface area contributed by atoms with Crippen molar-refractivity contribution in [3.8, 4) is 0 Å². The van der Waals surface area contributed by atoms with Gasteiger partial charge in [-0.25, -0.2) is 0 Å². The van der Waals surface area contributed by atoms with Crippen LogP contribution in [0.5, 0.6) is 0 Å². The summed E-state index contributed by atoms with van der Waals surface area (Å²) in [5.41, 5.74) is 1.35. The standard InChI is InChI=1S/C16H25ClN2/c1-12-11-19(3)9-8-16(12)18-13(2)10-14-4-6-15(17)7-5-14/h4-7,12-13,16,18H,8-11H2,1-3H3. The molecule has 0 radical (unpaired) electrons. The first-order valence-electron chi connectivity index (χ1n) is 7.23. The zero-order valence-electron chi connectivity index (χ0n) is 12.2. The molecule has 1 heterocycles. The predicted octanol–water partition coefficient (Wildman–Crippen LogP) is 3.20. The summed E-state index contributed by atoms with van der Waals surface area (Å²) >= 11 is 5.92. The minimum absolute atomic E-state index is 0.511. The summed E-state index contributed by atoms with van der Waals surface area (Å²) < 4.78 is 0. The molecule has 0 aliphatic carbocycles. The number of likely N-dealkylation sites (tertiary alicyclic amines) is 1. The first kappa shape index (κ1) is 14.8. The lowest BCUT2D eigenvalue weighted by molar-refractivity contribution is 0.167. The highest BCUT2D eigenvalue weighted by molar-refractivity contribution is 6.30. The summed E-state index contributed by atoms with van der Waals surface area (Å²) in [6.45, 7) is 7.03. The van der Waals surface area contributed by atoms with Crippen LogP contribution in [0.4, 0.5) is 0 Å². The molecule has 1 N–H and O–H groups in total. The molecule has 3 atom stereocenters. The Labute approximate surface area is 122 Å². The van der Waals surface area contributed by atoms with E-state index in [9.17, 15) is 0 Å². The Morgan fingerprint density at radius 3 is 2.68 bits per heavy atom. The highest BCUT2D eigenvalue weighted by atomic mass is 35.5. The maximum Gasteiger partial charge on any atom is 0.0406 e. The lowest BCUT2D eigenvalue weighted by atomic mass is 9.93. The second-order valence-electron chi connectivity index (χ2n) is 6.03. The number of hydrogen-bond acceptors (Lipinski definition) is 2. The number of benzene rings is 1. The maximum atomic E-state index is 5.92. The van der Waals surface area contributed by atoms with Gasteiger partial charge in [0, 0.05) is 23.7 Å². The normalized spacial score (nSPS) is 26.3. The van der Waals surface area contributed by atoms with E-state index >= 15 is 0 Å². The molecule has 0 aromatic heterocycles. The van der Waals surface area contributed by atoms with Gasteiger partial charge in [-0.2, -0.15) is 0 Å². The van der Waals surface area contributed by atoms with Gasteiger partial charge in [0.1, 0.15) is 0 Å². The molecule has 0 amide bonds. The van der Waals surface area contributed by atoms with Gasteiger partial charge in [-0.05, 0) is 57.0 Å². The van der Waals surface area contributed by atoms with Gasteiger partial charge in [0.05, 0.1) is 0 Å². The van der Waals surface area contributed by atoms with Crippen LogP contribution in [0.25, 0.3) is 0 Å². The fourth-order valence-electron chi connectivity index (χ4n) is 3.00. The third kappa shape index (κ3) is 4.48. The van der Waals surface area contributed by atoms with E-state index in [0.29, 0.717) is 12.1 Å². The fourth-order valence-corrected chi connectivity index (χ4v) is 3.13. The molecule has 0 spiro atoms. The van der Waals surface area contributed by atoms with Gasteiger partial charge in [-0.15, -0.1) is 0 Å². The molecule has 3 heteroatoms. The zero-order chi connectivity index (χ0) is 13.8. The van der Waals surface area contributed by atoms with Crippen molar-refractivity contribution in [2.45, 2.75) is 38.8 Å². The van der Waals surface area contributed by atoms with Gasteiger partial charge in [0.25, 0.3) is 0 Å². The van der Waals surface area contributed by atoms with Gasteiger partial charge in [0.2, 0.25) is 0 Å². The van der Waals surface area contributed by atoms with E-state index < -0.39 is 0 Å². The van der Waals surface area contributed by atoms with Crippen molar-refractivity contribution in [3.05, 3.63) is 34.9 Å². The lowest BCUT2D eigenvalue weighted by Crippen LogP contribution is -2.50. The quantitative estimate of drug-likeness (QED) is 0.911. The summed E-state index contributed by atoms with van der Waals surface area (Å²) in [5.74, 6) is 0.728. The van der Waals surface area contributed by atoms with Crippen molar-refractivity contribution in [3.63, 3.8) is 0 Å². The number of hydrogen-bond donors (Lipinski definition) is 1. The van der Waals surface area contributed by atoms with Crippen molar-refractivity contribution < 1.29 is 0 Å². The van der Waals surface area contributed by atoms with Crippen LogP contribution >= 0.6 is 11.6 Å². The predicted molar refractivity (Wildman–Crippen MR) is 82.8 cm³/mol. The van der Waals surface area contributed by atoms with Gasteiger partial charge in [-0.3, -0.25) is 0 Å². The third-order valence-electron chi connectivity index (χ3n) is 4.06. The number of nitrogens with one attached hydrogen (secondary N) is 1. The average molecular weight is 281 g/mol. The van der Waals surface area contributed by atoms with E-state index in [1.54, 1.807) is 0 Å². The van der Waals surface area contributed by atoms with Crippen molar-refractivity contribution >= 4 is 11.6 Å². The molecular formula is C16H25ClN2. The Balaban J connectivity index is 1.83. The van der Waals surface area contributed by atoms with Crippen molar-refractivity contribution in [2.24, 2.45) is 5.92 Å². The van der Waals surface area contributed by atoms with Crippen LogP contribution in [0.1, 0.15) is 25.8 Å². The Morgan fingerprint density at radius 2 is 2.05 bits per heavy atom. The monoisotopic (exact) mass is 280 g/mol. The van der Waals surface area contributed by atoms with Crippen molar-refractivity contribution in [1.82, 2.24) is 10.2 Å². The van der Waals surface area contributed by atoms with Crippen LogP contribution in [0.15, 0.2) is 24.3 Å². The Hall–Kier alpha value is -0.570. The van der Waals surface area contributed by atoms with Crippen LogP contribution < -0.4 is 5.32 Å². The summed E-state index contributed by atoms with van der Waals surface area (Å²) in [7, 11) is 2.21. The minimum atomic E-state index is 0.511. The largest absolute Gasteiger partial charge is 0.311 e. The van der Waals surface area contributed by atoms with E-state index in [4.69, 9.17) is 11.6 Å². The molecule has 0 bridgehead atoms. The topological polar surface area (TPSA) is 15.3 Å². The van der Waals surface area contributed by atoms with E-state index in [1.165, 1.54) is 25.1 Å². The summed E-state index contributed by atoms with van der Waals surface area (Å²) in [4.78, 5) is 2.42. The van der Waals surface area contributed by atoms with Crippen LogP contribution in [0, 0.1) is 5.92 Å². The van der Waals surface area contributed by atoms with E-state index in [1.807, 2.05) is 12.1 Å². The van der Waals surface area contributed by atoms with E-state index in [-0.39, 0.29) is 0 Å². The molecule has 1 fully saturated rings. The van der Waals surface area contributed by atoms with Crippen LogP contribution in [-0.2, 0) is 6.42 Å². The molecule has 1 aromatic rings. The lowest BCUT2D eigenvalue weighted by Gasteiger charge is -2.37. The van der Waals surface area contributed by atoms with Crippen LogP contribution in [0.3, 0.4) is 0 Å². The molecule has 2 rings (SSSR count). The summed E-state index contributed by atoms with van der Waals surface area (Å²) in [6.07, 6.45) is 2.32. The molecular weight excluding hydrogens is 256 g/mol. The number of piperidine rings is 1. The molecule has 2 nitrogen and oxygen atoms in total. The number of halogens is 1. The van der Waals surface area contributed by atoms with Crippen molar-refractivity contribution in [1.29, 1.82) is 0 Å². The number of nitrogens with zero attached hydrogens (tertiary/aromatic N) is 1. The van der Waals surface area contributed by atoms with Crippen LogP contribution in [0.2, 0.25) is 5.02 Å². The second-order valence-corrected chi connectivity index (χ2v) is 6.47. The molecule has 1 aliphatic heterocycles. The summed E-state index contributed by atoms with van der Waals surface area (Å²) in [5, 5.41) is 4.61. The fraction of sp³-hybridized carbons (Fsp3) is 0.625. The maximum absolute atomic E-state index is 5.92. The Morgan fingerprint density at radius 1 is 1.37 bits per heavy atom. The van der Waals surface area contributed by atoms with Crippen molar-refractivity contribution in [2.75, 3.05) is 20.1 Å². The van der Waals surface area contributed by atoms with Gasteiger partial charge in [0.15, 0.2) is 0 Å². The van der Waals surface area contributed by atoms with E-state index in [2.05, 4.69) is 43.2 Å². The third-order valence-corrected chi connectivity index (χ3v) is 4.31. The molecule has 1 aromatic carbocycles. The zero-order valence-corrected chi connectivity index (χ0v) is 13.0. The molecule has 1 aliphatic rings. The molecule has 0 saturated carbocycles. The number of rotatable bonds is 4. The van der Waals surface area contributed by atoms with Gasteiger partial charge in [-0.1, -0.05) is 30.7 Å². The smallest absolute Gasteiger partial charge is 0.0406 e. The Bertz CT molecular complexity index is 390. The van der Waals surface area contributed by atoms with Gasteiger partial charge < -0.3 is 10.2 Å². The molecule has 3 unspecified atom stereocenters. The van der Waals surface area contributed by atoms with Crippen LogP contribution in [-0.4, -0.2) is 37.1 Å². The van der Waals surface area contributed by atoms with E-state index in [0.717, 1.165) is 17.4 Å². The molecule has 19 heavy (non-hydrogen) atoms. The highest BCUT2D eigenvalue weighted by Gasteiger charge is 2.24. The first-order valence-corrected chi connectivity index (χ1v) is 7.61. The minimum Gasteiger partial charge on any atom is -0.311 e. The average Bonchev–Trinajstić information content (AvgIpc) is 2.36. The molecule has 106 valence electrons. The summed E-state index contributed by atoms with van der Waals surface area (Å²) in [6, 6.07) is 9.36. The SMILES string of the molecule is CC(Cc1ccc(Cl)cc1)NC1CCN(C)CC1C. The highest BCUT2D eigenvalue weighted by Crippen LogP contribution is 2.17. The Kier molecular flexibility index (Phi) is 5.26. The van der Waals surface area contributed by atoms with Gasteiger partial charge >= 0.3 is 0 Å².